The highest BCUT2D eigenvalue weighted by atomic mass is 14.3. The predicted molar refractivity (Wildman–Crippen MR) is 323 cm³/mol. The number of benzene rings is 4. The molecule has 0 heterocycles. The molecule has 4 aliphatic carbocycles. The zero-order valence-electron chi connectivity index (χ0n) is 51.6. The van der Waals surface area contributed by atoms with Crippen molar-refractivity contribution in [3.63, 3.8) is 0 Å². The van der Waals surface area contributed by atoms with E-state index in [1.54, 1.807) is 44.5 Å². The van der Waals surface area contributed by atoms with Crippen LogP contribution in [-0.4, -0.2) is 0 Å². The minimum atomic E-state index is 0.739. The third-order valence-corrected chi connectivity index (χ3v) is 20.1. The average molecular weight is 966 g/mol. The first kappa shape index (κ1) is 58.2. The molecule has 0 saturated carbocycles. The molecule has 4 aromatic carbocycles. The van der Waals surface area contributed by atoms with Gasteiger partial charge in [0.2, 0.25) is 0 Å². The number of fused-ring (bicyclic) bond motifs is 4. The quantitative estimate of drug-likeness (QED) is 0.179. The van der Waals surface area contributed by atoms with E-state index in [1.165, 1.54) is 170 Å². The molecule has 0 unspecified atom stereocenters. The lowest BCUT2D eigenvalue weighted by molar-refractivity contribution is 0.649. The van der Waals surface area contributed by atoms with Crippen LogP contribution in [-0.2, 0) is 38.5 Å². The average Bonchev–Trinajstić information content (AvgIpc) is 4.18. The van der Waals surface area contributed by atoms with E-state index < -0.39 is 0 Å². The molecule has 0 spiro atoms. The molecule has 4 aromatic rings. The molecule has 0 fully saturated rings. The number of hydrogen-bond acceptors (Lipinski definition) is 0. The summed E-state index contributed by atoms with van der Waals surface area (Å²) in [5.41, 5.74) is 51.5. The Balaban J connectivity index is 0.000000178. The van der Waals surface area contributed by atoms with Gasteiger partial charge in [0.15, 0.2) is 0 Å². The molecule has 0 saturated heterocycles. The largest absolute Gasteiger partial charge is 0.0772 e. The first-order valence-electron chi connectivity index (χ1n) is 27.7. The summed E-state index contributed by atoms with van der Waals surface area (Å²) in [6, 6.07) is 0. The van der Waals surface area contributed by atoms with Gasteiger partial charge in [-0.05, 0) is 400 Å². The van der Waals surface area contributed by atoms with Crippen LogP contribution in [0.15, 0.2) is 55.7 Å². The van der Waals surface area contributed by atoms with Crippen molar-refractivity contribution in [2.75, 3.05) is 0 Å². The van der Waals surface area contributed by atoms with Crippen LogP contribution in [0.25, 0.3) is 12.2 Å². The fraction of sp³-hybridized carbons (Fsp3) is 0.500. The lowest BCUT2D eigenvalue weighted by Crippen LogP contribution is -2.02. The van der Waals surface area contributed by atoms with Gasteiger partial charge < -0.3 is 0 Å². The summed E-state index contributed by atoms with van der Waals surface area (Å²) in [4.78, 5) is 0. The molecular weight excluding hydrogens is 865 g/mol. The van der Waals surface area contributed by atoms with Gasteiger partial charge in [-0.2, -0.15) is 0 Å². The van der Waals surface area contributed by atoms with Crippen LogP contribution in [0.3, 0.4) is 0 Å². The molecule has 388 valence electrons. The lowest BCUT2D eigenvalue weighted by Gasteiger charge is -2.15. The topological polar surface area (TPSA) is 0 Å². The van der Waals surface area contributed by atoms with Crippen LogP contribution < -0.4 is 0 Å². The highest BCUT2D eigenvalue weighted by molar-refractivity contribution is 5.75. The van der Waals surface area contributed by atoms with Crippen molar-refractivity contribution in [2.24, 2.45) is 11.8 Å². The van der Waals surface area contributed by atoms with E-state index in [0.29, 0.717) is 0 Å². The van der Waals surface area contributed by atoms with Gasteiger partial charge in [-0.3, -0.25) is 0 Å². The van der Waals surface area contributed by atoms with E-state index >= 15 is 0 Å². The SMILES string of the molecule is CC(C)=C(C)C1=Cc2c(C)c(C)c(C)c(C)c2C1.CC(C)=C(C)C1=Cc2c(C)c(C)c(C)c(C)c2C1.CC(C)=C(C)C1Cc2c(C)c(C)c(C)c(C)c2C1.CC(C)=C(C)C1Cc2c(C)c(C)c(C)c(C)c2C1. The molecule has 0 heteroatoms. The number of allylic oxidation sites excluding steroid dienone is 10. The third kappa shape index (κ3) is 11.2. The summed E-state index contributed by atoms with van der Waals surface area (Å²) in [6.45, 7) is 63.3. The zero-order chi connectivity index (χ0) is 54.4. The van der Waals surface area contributed by atoms with Gasteiger partial charge >= 0.3 is 0 Å². The van der Waals surface area contributed by atoms with Gasteiger partial charge in [0.05, 0.1) is 0 Å². The highest BCUT2D eigenvalue weighted by Gasteiger charge is 2.30. The first-order valence-corrected chi connectivity index (χ1v) is 27.7. The number of hydrogen-bond donors (Lipinski definition) is 0. The minimum Gasteiger partial charge on any atom is -0.0772 e. The minimum absolute atomic E-state index is 0.739. The monoisotopic (exact) mass is 965 g/mol. The maximum atomic E-state index is 2.41. The smallest absolute Gasteiger partial charge is 0.00142 e. The summed E-state index contributed by atoms with van der Waals surface area (Å²) in [5, 5.41) is 0. The fourth-order valence-electron chi connectivity index (χ4n) is 12.2. The Morgan fingerprint density at radius 3 is 0.681 bits per heavy atom. The Kier molecular flexibility index (Phi) is 18.5. The van der Waals surface area contributed by atoms with Gasteiger partial charge in [0, 0.05) is 0 Å². The lowest BCUT2D eigenvalue weighted by atomic mass is 9.90. The zero-order valence-corrected chi connectivity index (χ0v) is 51.6. The van der Waals surface area contributed by atoms with Crippen LogP contribution in [0.4, 0.5) is 0 Å². The molecule has 72 heavy (non-hydrogen) atoms. The van der Waals surface area contributed by atoms with Gasteiger partial charge in [-0.25, -0.2) is 0 Å². The molecule has 4 aliphatic rings. The van der Waals surface area contributed by atoms with Crippen molar-refractivity contribution in [2.45, 2.75) is 232 Å². The van der Waals surface area contributed by atoms with Crippen molar-refractivity contribution in [1.29, 1.82) is 0 Å². The first-order chi connectivity index (χ1) is 33.4. The second-order valence-corrected chi connectivity index (χ2v) is 24.2. The summed E-state index contributed by atoms with van der Waals surface area (Å²) in [7, 11) is 0. The Hall–Kier alpha value is -4.68. The standard InChI is InChI=1S/2C18H26.2C18H24/c4*1-10(2)11(3)16-8-17-14(6)12(4)13(5)15(7)18(17)9-16/h2*16H,8-9H2,1-7H3;2*8H,9H2,1-7H3. The molecule has 0 N–H and O–H groups in total. The van der Waals surface area contributed by atoms with Gasteiger partial charge in [-0.15, -0.1) is 0 Å². The molecule has 0 amide bonds. The molecule has 0 atom stereocenters. The maximum Gasteiger partial charge on any atom is -0.00142 e. The van der Waals surface area contributed by atoms with E-state index in [9.17, 15) is 0 Å². The van der Waals surface area contributed by atoms with Crippen molar-refractivity contribution in [3.8, 4) is 0 Å². The van der Waals surface area contributed by atoms with Crippen LogP contribution in [0.1, 0.15) is 217 Å². The van der Waals surface area contributed by atoms with Crippen LogP contribution >= 0.6 is 0 Å². The van der Waals surface area contributed by atoms with Crippen LogP contribution in [0.5, 0.6) is 0 Å². The van der Waals surface area contributed by atoms with Crippen molar-refractivity contribution >= 4 is 12.2 Å². The summed E-state index contributed by atoms with van der Waals surface area (Å²) >= 11 is 0. The second kappa shape index (κ2) is 22.8. The van der Waals surface area contributed by atoms with Gasteiger partial charge in [-0.1, -0.05) is 45.6 Å². The van der Waals surface area contributed by atoms with Gasteiger partial charge in [0.1, 0.15) is 0 Å². The fourth-order valence-corrected chi connectivity index (χ4v) is 12.2. The molecule has 0 bridgehead atoms. The van der Waals surface area contributed by atoms with Crippen LogP contribution in [0.2, 0.25) is 0 Å². The van der Waals surface area contributed by atoms with E-state index in [-0.39, 0.29) is 0 Å². The van der Waals surface area contributed by atoms with Crippen molar-refractivity contribution in [1.82, 2.24) is 0 Å². The summed E-state index contributed by atoms with van der Waals surface area (Å²) in [5.74, 6) is 1.48. The van der Waals surface area contributed by atoms with Crippen molar-refractivity contribution in [3.05, 3.63) is 189 Å². The molecule has 0 aromatic heterocycles. The van der Waals surface area contributed by atoms with Crippen molar-refractivity contribution < 1.29 is 0 Å². The molecule has 8 rings (SSSR count). The second-order valence-electron chi connectivity index (χ2n) is 24.2. The Morgan fingerprint density at radius 2 is 0.472 bits per heavy atom. The highest BCUT2D eigenvalue weighted by Crippen LogP contribution is 2.42. The number of rotatable bonds is 4. The predicted octanol–water partition coefficient (Wildman–Crippen LogP) is 20.4. The normalized spacial score (nSPS) is 14.1. The molecule has 0 nitrogen and oxygen atoms in total. The Bertz CT molecular complexity index is 2710. The Morgan fingerprint density at radius 1 is 0.264 bits per heavy atom. The third-order valence-electron chi connectivity index (χ3n) is 20.1. The van der Waals surface area contributed by atoms with E-state index in [2.05, 4.69) is 206 Å². The van der Waals surface area contributed by atoms with Gasteiger partial charge in [0.25, 0.3) is 0 Å². The summed E-state index contributed by atoms with van der Waals surface area (Å²) in [6.07, 6.45) is 12.0. The van der Waals surface area contributed by atoms with Crippen LogP contribution in [0, 0.1) is 123 Å². The molecular formula is C72H100. The summed E-state index contributed by atoms with van der Waals surface area (Å²) < 4.78 is 0. The molecule has 0 aliphatic heterocycles. The van der Waals surface area contributed by atoms with E-state index in [0.717, 1.165) is 24.7 Å². The van der Waals surface area contributed by atoms with E-state index in [1.807, 2.05) is 0 Å². The molecule has 0 radical (unpaired) electrons. The van der Waals surface area contributed by atoms with E-state index in [4.69, 9.17) is 0 Å². The maximum absolute atomic E-state index is 2.41. The Labute approximate surface area is 443 Å².